The van der Waals surface area contributed by atoms with Crippen LogP contribution >= 0.6 is 23.1 Å². The molecule has 4 rings (SSSR count). The number of fused-ring (bicyclic) bond motifs is 1. The molecule has 108 valence electrons. The quantitative estimate of drug-likeness (QED) is 0.536. The smallest absolute Gasteiger partial charge is 0.168 e. The summed E-state index contributed by atoms with van der Waals surface area (Å²) in [6.07, 6.45) is 4.64. The predicted molar refractivity (Wildman–Crippen MR) is 85.5 cm³/mol. The van der Waals surface area contributed by atoms with Crippen molar-refractivity contribution in [3.63, 3.8) is 0 Å². The molecule has 8 heteroatoms. The van der Waals surface area contributed by atoms with Gasteiger partial charge in [0.1, 0.15) is 18.4 Å². The lowest BCUT2D eigenvalue weighted by molar-refractivity contribution is 0.468. The van der Waals surface area contributed by atoms with Crippen molar-refractivity contribution in [3.05, 3.63) is 54.8 Å². The van der Waals surface area contributed by atoms with Crippen LogP contribution in [0.4, 0.5) is 0 Å². The molecule has 0 N–H and O–H groups in total. The second-order valence-electron chi connectivity index (χ2n) is 4.29. The van der Waals surface area contributed by atoms with E-state index in [-0.39, 0.29) is 0 Å². The van der Waals surface area contributed by atoms with E-state index < -0.39 is 0 Å². The number of benzene rings is 1. The minimum absolute atomic E-state index is 0.664. The highest BCUT2D eigenvalue weighted by molar-refractivity contribution is 8.01. The van der Waals surface area contributed by atoms with Crippen LogP contribution in [0.3, 0.4) is 0 Å². The minimum atomic E-state index is 0.664. The fourth-order valence-corrected chi connectivity index (χ4v) is 3.79. The van der Waals surface area contributed by atoms with Crippen LogP contribution in [-0.2, 0) is 0 Å². The lowest BCUT2D eigenvalue weighted by Crippen LogP contribution is -1.84. The summed E-state index contributed by atoms with van der Waals surface area (Å²) in [5.74, 6) is 0.664. The zero-order valence-electron chi connectivity index (χ0n) is 11.2. The number of furan rings is 1. The van der Waals surface area contributed by atoms with Crippen LogP contribution in [0.1, 0.15) is 5.76 Å². The van der Waals surface area contributed by atoms with Crippen molar-refractivity contribution in [1.29, 1.82) is 0 Å². The molecular formula is C14H9N5OS2. The van der Waals surface area contributed by atoms with Crippen molar-refractivity contribution in [2.24, 2.45) is 5.10 Å². The van der Waals surface area contributed by atoms with Crippen LogP contribution in [0.25, 0.3) is 10.2 Å². The molecule has 3 heterocycles. The third kappa shape index (κ3) is 2.78. The van der Waals surface area contributed by atoms with Gasteiger partial charge in [0.15, 0.2) is 9.43 Å². The van der Waals surface area contributed by atoms with Gasteiger partial charge < -0.3 is 4.42 Å². The summed E-state index contributed by atoms with van der Waals surface area (Å²) in [7, 11) is 0. The van der Waals surface area contributed by atoms with Gasteiger partial charge in [-0.1, -0.05) is 12.1 Å². The van der Waals surface area contributed by atoms with Gasteiger partial charge in [-0.25, -0.2) is 9.66 Å². The molecule has 0 aliphatic heterocycles. The van der Waals surface area contributed by atoms with Gasteiger partial charge in [-0.2, -0.15) is 5.10 Å². The molecule has 0 aliphatic rings. The van der Waals surface area contributed by atoms with Gasteiger partial charge in [0.2, 0.25) is 0 Å². The summed E-state index contributed by atoms with van der Waals surface area (Å²) < 4.78 is 9.34. The molecule has 4 aromatic rings. The average Bonchev–Trinajstić information content (AvgIpc) is 3.26. The SMILES string of the molecule is C(=Nn1cnnc1)c1ccc(Sc2nc3ccccc3s2)o1. The van der Waals surface area contributed by atoms with Gasteiger partial charge in [-0.05, 0) is 36.0 Å². The first-order chi connectivity index (χ1) is 10.9. The van der Waals surface area contributed by atoms with E-state index >= 15 is 0 Å². The maximum Gasteiger partial charge on any atom is 0.168 e. The van der Waals surface area contributed by atoms with E-state index in [1.54, 1.807) is 17.6 Å². The van der Waals surface area contributed by atoms with Crippen molar-refractivity contribution in [2.45, 2.75) is 9.43 Å². The lowest BCUT2D eigenvalue weighted by Gasteiger charge is -1.90. The van der Waals surface area contributed by atoms with E-state index in [0.29, 0.717) is 5.76 Å². The summed E-state index contributed by atoms with van der Waals surface area (Å²) >= 11 is 3.16. The van der Waals surface area contributed by atoms with E-state index in [1.807, 2.05) is 30.3 Å². The first kappa shape index (κ1) is 13.2. The molecule has 0 unspecified atom stereocenters. The van der Waals surface area contributed by atoms with Crippen LogP contribution in [0.2, 0.25) is 0 Å². The molecule has 0 bridgehead atoms. The monoisotopic (exact) mass is 327 g/mol. The van der Waals surface area contributed by atoms with E-state index in [9.17, 15) is 0 Å². The van der Waals surface area contributed by atoms with Crippen molar-refractivity contribution >= 4 is 39.5 Å². The normalized spacial score (nSPS) is 11.6. The number of nitrogens with zero attached hydrogens (tertiary/aromatic N) is 5. The Morgan fingerprint density at radius 1 is 1.14 bits per heavy atom. The first-order valence-electron chi connectivity index (χ1n) is 6.39. The Balaban J connectivity index is 1.51. The topological polar surface area (TPSA) is 69.1 Å². The highest BCUT2D eigenvalue weighted by Gasteiger charge is 2.08. The Bertz CT molecular complexity index is 893. The Morgan fingerprint density at radius 3 is 2.86 bits per heavy atom. The number of rotatable bonds is 4. The molecule has 3 aromatic heterocycles. The summed E-state index contributed by atoms with van der Waals surface area (Å²) in [6, 6.07) is 11.9. The predicted octanol–water partition coefficient (Wildman–Crippen LogP) is 3.51. The van der Waals surface area contributed by atoms with E-state index in [2.05, 4.69) is 26.3 Å². The molecule has 6 nitrogen and oxygen atoms in total. The second kappa shape index (κ2) is 5.74. The fraction of sp³-hybridized carbons (Fsp3) is 0. The maximum absolute atomic E-state index is 5.71. The molecule has 0 aliphatic carbocycles. The van der Waals surface area contributed by atoms with Gasteiger partial charge >= 0.3 is 0 Å². The summed E-state index contributed by atoms with van der Waals surface area (Å²) in [6.45, 7) is 0. The third-order valence-corrected chi connectivity index (χ3v) is 4.81. The van der Waals surface area contributed by atoms with Crippen LogP contribution in [0.15, 0.2) is 68.0 Å². The third-order valence-electron chi connectivity index (χ3n) is 2.79. The van der Waals surface area contributed by atoms with E-state index in [4.69, 9.17) is 4.42 Å². The Morgan fingerprint density at radius 2 is 2.00 bits per heavy atom. The Hall–Kier alpha value is -2.45. The average molecular weight is 327 g/mol. The summed E-state index contributed by atoms with van der Waals surface area (Å²) in [5, 5.41) is 12.3. The molecule has 0 spiro atoms. The Labute approximate surface area is 133 Å². The zero-order chi connectivity index (χ0) is 14.8. The van der Waals surface area contributed by atoms with Crippen molar-refractivity contribution in [1.82, 2.24) is 19.9 Å². The molecule has 0 atom stereocenters. The molecule has 0 saturated heterocycles. The molecule has 0 saturated carbocycles. The highest BCUT2D eigenvalue weighted by Crippen LogP contribution is 2.34. The molecule has 0 fully saturated rings. The fourth-order valence-electron chi connectivity index (χ4n) is 1.82. The number of para-hydroxylation sites is 1. The van der Waals surface area contributed by atoms with E-state index in [1.165, 1.54) is 33.8 Å². The second-order valence-corrected chi connectivity index (χ2v) is 6.58. The van der Waals surface area contributed by atoms with Gasteiger partial charge in [0.25, 0.3) is 0 Å². The number of thiazole rings is 1. The standard InChI is InChI=1S/C14H9N5OS2/c1-2-4-12-11(3-1)18-14(21-12)22-13-6-5-10(20-13)7-17-19-8-15-16-9-19/h1-9H. The van der Waals surface area contributed by atoms with Crippen LogP contribution in [0, 0.1) is 0 Å². The van der Waals surface area contributed by atoms with Crippen LogP contribution in [0.5, 0.6) is 0 Å². The molecule has 0 radical (unpaired) electrons. The molecule has 1 aromatic carbocycles. The zero-order valence-corrected chi connectivity index (χ0v) is 12.8. The first-order valence-corrected chi connectivity index (χ1v) is 8.02. The summed E-state index contributed by atoms with van der Waals surface area (Å²) in [5.41, 5.74) is 1.01. The van der Waals surface area contributed by atoms with Crippen LogP contribution < -0.4 is 0 Å². The maximum atomic E-state index is 5.71. The van der Waals surface area contributed by atoms with E-state index in [0.717, 1.165) is 14.9 Å². The minimum Gasteiger partial charge on any atom is -0.448 e. The summed E-state index contributed by atoms with van der Waals surface area (Å²) in [4.78, 5) is 4.57. The Kier molecular flexibility index (Phi) is 3.45. The van der Waals surface area contributed by atoms with Gasteiger partial charge in [0, 0.05) is 0 Å². The van der Waals surface area contributed by atoms with Crippen molar-refractivity contribution in [3.8, 4) is 0 Å². The van der Waals surface area contributed by atoms with Crippen LogP contribution in [-0.4, -0.2) is 26.1 Å². The van der Waals surface area contributed by atoms with Crippen molar-refractivity contribution < 1.29 is 4.42 Å². The molecule has 22 heavy (non-hydrogen) atoms. The number of hydrogen-bond donors (Lipinski definition) is 0. The molecular weight excluding hydrogens is 318 g/mol. The van der Waals surface area contributed by atoms with Gasteiger partial charge in [-0.3, -0.25) is 0 Å². The largest absolute Gasteiger partial charge is 0.448 e. The number of aromatic nitrogens is 4. The lowest BCUT2D eigenvalue weighted by atomic mass is 10.3. The van der Waals surface area contributed by atoms with Gasteiger partial charge in [0.05, 0.1) is 16.4 Å². The molecule has 0 amide bonds. The highest BCUT2D eigenvalue weighted by atomic mass is 32.2. The van der Waals surface area contributed by atoms with Gasteiger partial charge in [-0.15, -0.1) is 21.5 Å². The van der Waals surface area contributed by atoms with Crippen molar-refractivity contribution in [2.75, 3.05) is 0 Å². The number of hydrogen-bond acceptors (Lipinski definition) is 7.